The molecule has 0 aliphatic rings. The molecule has 0 fully saturated rings. The molecule has 2 amide bonds. The highest BCUT2D eigenvalue weighted by Crippen LogP contribution is 2.23. The van der Waals surface area contributed by atoms with Crippen molar-refractivity contribution in [3.63, 3.8) is 0 Å². The monoisotopic (exact) mass is 392 g/mol. The second kappa shape index (κ2) is 9.68. The summed E-state index contributed by atoms with van der Waals surface area (Å²) in [6, 6.07) is 10.1. The molecule has 8 heteroatoms. The fourth-order valence-electron chi connectivity index (χ4n) is 2.38. The first-order valence-corrected chi connectivity index (χ1v) is 8.49. The number of halogens is 1. The summed E-state index contributed by atoms with van der Waals surface area (Å²) in [7, 11) is 4.57. The van der Waals surface area contributed by atoms with Crippen LogP contribution in [0.3, 0.4) is 0 Å². The van der Waals surface area contributed by atoms with E-state index < -0.39 is 5.91 Å². The van der Waals surface area contributed by atoms with Gasteiger partial charge in [0.1, 0.15) is 17.2 Å². The van der Waals surface area contributed by atoms with Crippen molar-refractivity contribution in [1.82, 2.24) is 10.9 Å². The molecule has 0 aliphatic carbocycles. The van der Waals surface area contributed by atoms with Crippen molar-refractivity contribution >= 4 is 23.4 Å². The van der Waals surface area contributed by atoms with Gasteiger partial charge in [-0.3, -0.25) is 20.4 Å². The van der Waals surface area contributed by atoms with Crippen LogP contribution in [0.15, 0.2) is 36.4 Å². The zero-order valence-corrected chi connectivity index (χ0v) is 16.1. The minimum absolute atomic E-state index is 0.170. The Hall–Kier alpha value is -2.93. The largest absolute Gasteiger partial charge is 0.497 e. The van der Waals surface area contributed by atoms with E-state index >= 15 is 0 Å². The maximum absolute atomic E-state index is 12.2. The van der Waals surface area contributed by atoms with E-state index in [1.54, 1.807) is 32.4 Å². The Morgan fingerprint density at radius 1 is 0.926 bits per heavy atom. The molecule has 2 N–H and O–H groups in total. The number of hydrazine groups is 1. The minimum Gasteiger partial charge on any atom is -0.497 e. The van der Waals surface area contributed by atoms with Gasteiger partial charge in [-0.25, -0.2) is 0 Å². The van der Waals surface area contributed by atoms with Crippen LogP contribution < -0.4 is 25.1 Å². The molecule has 27 heavy (non-hydrogen) atoms. The van der Waals surface area contributed by atoms with Gasteiger partial charge in [-0.1, -0.05) is 11.6 Å². The van der Waals surface area contributed by atoms with Crippen LogP contribution in [0.4, 0.5) is 0 Å². The van der Waals surface area contributed by atoms with Gasteiger partial charge in [-0.05, 0) is 42.3 Å². The lowest BCUT2D eigenvalue weighted by Crippen LogP contribution is -2.41. The maximum atomic E-state index is 12.2. The first-order chi connectivity index (χ1) is 13.0. The van der Waals surface area contributed by atoms with Gasteiger partial charge in [-0.15, -0.1) is 0 Å². The van der Waals surface area contributed by atoms with Gasteiger partial charge < -0.3 is 14.2 Å². The number of hydrogen-bond donors (Lipinski definition) is 2. The van der Waals surface area contributed by atoms with Crippen molar-refractivity contribution < 1.29 is 23.8 Å². The molecule has 0 saturated heterocycles. The minimum atomic E-state index is -0.522. The molecule has 144 valence electrons. The summed E-state index contributed by atoms with van der Waals surface area (Å²) < 4.78 is 15.5. The first-order valence-electron chi connectivity index (χ1n) is 8.11. The van der Waals surface area contributed by atoms with E-state index in [4.69, 9.17) is 25.8 Å². The first kappa shape index (κ1) is 20.4. The number of amides is 2. The number of ether oxygens (including phenoxy) is 3. The van der Waals surface area contributed by atoms with Crippen molar-refractivity contribution in [1.29, 1.82) is 0 Å². The van der Waals surface area contributed by atoms with Gasteiger partial charge in [0.25, 0.3) is 5.91 Å². The van der Waals surface area contributed by atoms with E-state index in [0.29, 0.717) is 28.7 Å². The molecule has 0 radical (unpaired) electrons. The maximum Gasteiger partial charge on any atom is 0.273 e. The summed E-state index contributed by atoms with van der Waals surface area (Å²) in [5.41, 5.74) is 5.84. The highest BCUT2D eigenvalue weighted by Gasteiger charge is 2.14. The van der Waals surface area contributed by atoms with Crippen LogP contribution in [0.5, 0.6) is 17.2 Å². The Kier molecular flexibility index (Phi) is 7.31. The number of carbonyl (C=O) groups excluding carboxylic acids is 2. The molecular weight excluding hydrogens is 372 g/mol. The normalized spacial score (nSPS) is 10.1. The Morgan fingerprint density at radius 2 is 1.59 bits per heavy atom. The molecule has 0 heterocycles. The molecule has 7 nitrogen and oxygen atoms in total. The van der Waals surface area contributed by atoms with Gasteiger partial charge >= 0.3 is 0 Å². The number of hydrogen-bond acceptors (Lipinski definition) is 5. The van der Waals surface area contributed by atoms with E-state index in [9.17, 15) is 9.59 Å². The fraction of sp³-hybridized carbons (Fsp3) is 0.263. The third kappa shape index (κ3) is 5.79. The summed E-state index contributed by atoms with van der Waals surface area (Å²) in [6.07, 6.45) is 0.624. The Balaban J connectivity index is 1.91. The lowest BCUT2D eigenvalue weighted by molar-refractivity contribution is -0.121. The van der Waals surface area contributed by atoms with Crippen molar-refractivity contribution in [3.05, 3.63) is 52.5 Å². The number of nitrogens with one attached hydrogen (secondary N) is 2. The van der Waals surface area contributed by atoms with Crippen LogP contribution in [0.1, 0.15) is 22.3 Å². The third-order valence-corrected chi connectivity index (χ3v) is 4.01. The van der Waals surface area contributed by atoms with Crippen molar-refractivity contribution in [2.24, 2.45) is 0 Å². The number of rotatable bonds is 7. The van der Waals surface area contributed by atoms with E-state index in [1.165, 1.54) is 13.2 Å². The van der Waals surface area contributed by atoms with Crippen molar-refractivity contribution in [2.45, 2.75) is 12.8 Å². The van der Waals surface area contributed by atoms with E-state index in [1.807, 2.05) is 12.1 Å². The lowest BCUT2D eigenvalue weighted by Gasteiger charge is -2.11. The second-order valence-corrected chi connectivity index (χ2v) is 6.00. The molecule has 2 rings (SSSR count). The Labute approximate surface area is 162 Å². The number of benzene rings is 2. The van der Waals surface area contributed by atoms with Gasteiger partial charge in [-0.2, -0.15) is 0 Å². The zero-order valence-electron chi connectivity index (χ0n) is 15.3. The molecule has 0 aliphatic heterocycles. The fourth-order valence-corrected chi connectivity index (χ4v) is 2.55. The van der Waals surface area contributed by atoms with Crippen molar-refractivity contribution in [3.8, 4) is 17.2 Å². The highest BCUT2D eigenvalue weighted by atomic mass is 35.5. The summed E-state index contributed by atoms with van der Waals surface area (Å²) >= 11 is 5.90. The zero-order chi connectivity index (χ0) is 19.8. The Bertz CT molecular complexity index is 803. The average molecular weight is 393 g/mol. The van der Waals surface area contributed by atoms with E-state index in [2.05, 4.69) is 10.9 Å². The van der Waals surface area contributed by atoms with Gasteiger partial charge in [0, 0.05) is 17.5 Å². The average Bonchev–Trinajstić information content (AvgIpc) is 2.69. The summed E-state index contributed by atoms with van der Waals surface area (Å²) in [5, 5.41) is 0.388. The van der Waals surface area contributed by atoms with E-state index in [0.717, 1.165) is 5.56 Å². The summed E-state index contributed by atoms with van der Waals surface area (Å²) in [6.45, 7) is 0. The van der Waals surface area contributed by atoms with Crippen LogP contribution in [-0.4, -0.2) is 33.1 Å². The van der Waals surface area contributed by atoms with Gasteiger partial charge in [0.15, 0.2) is 0 Å². The SMILES string of the molecule is COc1cc(CCC(=O)NNC(=O)c2cc(Cl)ccc2OC)cc(OC)c1. The predicted molar refractivity (Wildman–Crippen MR) is 101 cm³/mol. The number of carbonyl (C=O) groups is 2. The molecule has 0 saturated carbocycles. The van der Waals surface area contributed by atoms with E-state index in [-0.39, 0.29) is 17.9 Å². The van der Waals surface area contributed by atoms with Crippen LogP contribution in [0.25, 0.3) is 0 Å². The third-order valence-electron chi connectivity index (χ3n) is 3.77. The Morgan fingerprint density at radius 3 is 2.19 bits per heavy atom. The molecule has 0 aromatic heterocycles. The standard InChI is InChI=1S/C19H21ClN2O5/c1-25-14-8-12(9-15(11-14)26-2)4-7-18(23)21-22-19(24)16-10-13(20)5-6-17(16)27-3/h5-6,8-11H,4,7H2,1-3H3,(H,21,23)(H,22,24). The van der Waals surface area contributed by atoms with Crippen LogP contribution in [-0.2, 0) is 11.2 Å². The molecule has 2 aromatic carbocycles. The number of aryl methyl sites for hydroxylation is 1. The van der Waals surface area contributed by atoms with Crippen LogP contribution >= 0.6 is 11.6 Å². The molecular formula is C19H21ClN2O5. The smallest absolute Gasteiger partial charge is 0.273 e. The van der Waals surface area contributed by atoms with Gasteiger partial charge in [0.05, 0.1) is 26.9 Å². The molecule has 0 bridgehead atoms. The highest BCUT2D eigenvalue weighted by molar-refractivity contribution is 6.31. The lowest BCUT2D eigenvalue weighted by atomic mass is 10.1. The molecule has 2 aromatic rings. The molecule has 0 unspecified atom stereocenters. The van der Waals surface area contributed by atoms with Gasteiger partial charge in [0.2, 0.25) is 5.91 Å². The second-order valence-electron chi connectivity index (χ2n) is 5.57. The topological polar surface area (TPSA) is 85.9 Å². The quantitative estimate of drug-likeness (QED) is 0.707. The molecule has 0 atom stereocenters. The molecule has 0 spiro atoms. The van der Waals surface area contributed by atoms with Crippen molar-refractivity contribution in [2.75, 3.05) is 21.3 Å². The predicted octanol–water partition coefficient (Wildman–Crippen LogP) is 2.76. The summed E-state index contributed by atoms with van der Waals surface area (Å²) in [5.74, 6) is 0.781. The summed E-state index contributed by atoms with van der Waals surface area (Å²) in [4.78, 5) is 24.3. The van der Waals surface area contributed by atoms with Crippen LogP contribution in [0, 0.1) is 0 Å². The number of methoxy groups -OCH3 is 3. The van der Waals surface area contributed by atoms with Crippen LogP contribution in [0.2, 0.25) is 5.02 Å².